The Balaban J connectivity index is 2.21. The molecule has 2 aromatic heterocycles. The van der Waals surface area contributed by atoms with Crippen LogP contribution >= 0.6 is 0 Å². The number of aromatic nitrogens is 2. The minimum absolute atomic E-state index is 0.221. The molecule has 80 valence electrons. The first-order chi connectivity index (χ1) is 7.72. The Kier molecular flexibility index (Phi) is 2.44. The topological polar surface area (TPSA) is 94.7 Å². The van der Waals surface area contributed by atoms with E-state index >= 15 is 0 Å². The fourth-order valence-electron chi connectivity index (χ4n) is 1.24. The Hall–Kier alpha value is -2.55. The summed E-state index contributed by atoms with van der Waals surface area (Å²) in [4.78, 5) is 11.7. The monoisotopic (exact) mass is 216 g/mol. The van der Waals surface area contributed by atoms with Crippen LogP contribution in [0.5, 0.6) is 0 Å². The zero-order valence-electron chi connectivity index (χ0n) is 8.44. The molecule has 0 spiro atoms. The van der Waals surface area contributed by atoms with E-state index in [1.807, 2.05) is 6.07 Å². The number of carbonyl (C=O) groups excluding carboxylic acids is 1. The number of nitrogens with one attached hydrogen (secondary N) is 2. The molecule has 0 bridgehead atoms. The van der Waals surface area contributed by atoms with E-state index in [1.165, 1.54) is 12.5 Å². The summed E-state index contributed by atoms with van der Waals surface area (Å²) in [6, 6.07) is 3.59. The van der Waals surface area contributed by atoms with E-state index in [4.69, 9.17) is 9.68 Å². The molecule has 0 atom stereocenters. The number of hydrogen-bond donors (Lipinski definition) is 2. The molecule has 6 heteroatoms. The lowest BCUT2D eigenvalue weighted by molar-refractivity contribution is 0.0995. The molecular weight excluding hydrogens is 208 g/mol. The van der Waals surface area contributed by atoms with Gasteiger partial charge in [0.05, 0.1) is 12.5 Å². The van der Waals surface area contributed by atoms with E-state index in [-0.39, 0.29) is 17.1 Å². The van der Waals surface area contributed by atoms with Gasteiger partial charge in [0.25, 0.3) is 5.91 Å². The van der Waals surface area contributed by atoms with Gasteiger partial charge in [-0.1, -0.05) is 0 Å². The normalized spacial score (nSPS) is 9.75. The van der Waals surface area contributed by atoms with Crippen molar-refractivity contribution in [1.82, 2.24) is 10.2 Å². The number of aryl methyl sites for hydroxylation is 1. The molecule has 2 heterocycles. The Labute approximate surface area is 90.9 Å². The third-order valence-electron chi connectivity index (χ3n) is 2.07. The summed E-state index contributed by atoms with van der Waals surface area (Å²) < 4.78 is 5.02. The van der Waals surface area contributed by atoms with Crippen LogP contribution in [-0.2, 0) is 0 Å². The SMILES string of the molecule is Cc1ccoc1C(=O)Nc1[nH]ncc1C#N. The number of nitrogens with zero attached hydrogens (tertiary/aromatic N) is 2. The number of H-pyrrole nitrogens is 1. The van der Waals surface area contributed by atoms with Gasteiger partial charge in [-0.05, 0) is 13.0 Å². The summed E-state index contributed by atoms with van der Waals surface area (Å²) in [6.07, 6.45) is 2.77. The van der Waals surface area contributed by atoms with Crippen molar-refractivity contribution in [3.8, 4) is 6.07 Å². The van der Waals surface area contributed by atoms with Crippen molar-refractivity contribution in [1.29, 1.82) is 5.26 Å². The molecule has 0 aliphatic carbocycles. The second-order valence-electron chi connectivity index (χ2n) is 3.16. The Morgan fingerprint density at radius 2 is 2.50 bits per heavy atom. The second kappa shape index (κ2) is 3.90. The zero-order chi connectivity index (χ0) is 11.5. The van der Waals surface area contributed by atoms with E-state index in [0.29, 0.717) is 0 Å². The minimum Gasteiger partial charge on any atom is -0.459 e. The van der Waals surface area contributed by atoms with Crippen LogP contribution in [0.15, 0.2) is 22.9 Å². The first kappa shape index (κ1) is 9.98. The van der Waals surface area contributed by atoms with Crippen molar-refractivity contribution in [3.63, 3.8) is 0 Å². The summed E-state index contributed by atoms with van der Waals surface area (Å²) >= 11 is 0. The third-order valence-corrected chi connectivity index (χ3v) is 2.07. The van der Waals surface area contributed by atoms with Gasteiger partial charge >= 0.3 is 0 Å². The molecule has 0 radical (unpaired) electrons. The molecule has 0 aliphatic heterocycles. The van der Waals surface area contributed by atoms with E-state index < -0.39 is 5.91 Å². The summed E-state index contributed by atoms with van der Waals surface area (Å²) in [5.74, 6) is 0.0741. The summed E-state index contributed by atoms with van der Waals surface area (Å²) in [7, 11) is 0. The largest absolute Gasteiger partial charge is 0.459 e. The number of rotatable bonds is 2. The maximum Gasteiger partial charge on any atom is 0.292 e. The van der Waals surface area contributed by atoms with Gasteiger partial charge in [-0.3, -0.25) is 9.89 Å². The second-order valence-corrected chi connectivity index (χ2v) is 3.16. The number of hydrogen-bond acceptors (Lipinski definition) is 4. The van der Waals surface area contributed by atoms with Gasteiger partial charge < -0.3 is 9.73 Å². The van der Waals surface area contributed by atoms with E-state index in [2.05, 4.69) is 15.5 Å². The van der Waals surface area contributed by atoms with Crippen molar-refractivity contribution >= 4 is 11.7 Å². The predicted molar refractivity (Wildman–Crippen MR) is 54.7 cm³/mol. The van der Waals surface area contributed by atoms with Crippen molar-refractivity contribution in [2.24, 2.45) is 0 Å². The predicted octanol–water partition coefficient (Wildman–Crippen LogP) is 1.44. The molecule has 6 nitrogen and oxygen atoms in total. The molecule has 0 saturated carbocycles. The van der Waals surface area contributed by atoms with Crippen molar-refractivity contribution in [2.45, 2.75) is 6.92 Å². The van der Waals surface area contributed by atoms with Crippen LogP contribution in [0.1, 0.15) is 21.7 Å². The van der Waals surface area contributed by atoms with Crippen molar-refractivity contribution < 1.29 is 9.21 Å². The highest BCUT2D eigenvalue weighted by molar-refractivity contribution is 6.03. The minimum atomic E-state index is -0.414. The van der Waals surface area contributed by atoms with Gasteiger partial charge in [-0.15, -0.1) is 0 Å². The van der Waals surface area contributed by atoms with Crippen LogP contribution in [0.25, 0.3) is 0 Å². The zero-order valence-corrected chi connectivity index (χ0v) is 8.44. The van der Waals surface area contributed by atoms with Gasteiger partial charge in [0, 0.05) is 5.56 Å². The molecule has 0 aromatic carbocycles. The smallest absolute Gasteiger partial charge is 0.292 e. The molecule has 1 amide bonds. The highest BCUT2D eigenvalue weighted by Crippen LogP contribution is 2.13. The van der Waals surface area contributed by atoms with Crippen LogP contribution in [-0.4, -0.2) is 16.1 Å². The number of amides is 1. The molecule has 2 rings (SSSR count). The molecule has 2 N–H and O–H groups in total. The molecular formula is C10H8N4O2. The highest BCUT2D eigenvalue weighted by atomic mass is 16.3. The maximum atomic E-state index is 11.7. The average Bonchev–Trinajstić information content (AvgIpc) is 2.86. The fourth-order valence-corrected chi connectivity index (χ4v) is 1.24. The number of anilines is 1. The maximum absolute atomic E-state index is 11.7. The summed E-state index contributed by atoms with van der Waals surface area (Å²) in [5.41, 5.74) is 1.01. The fraction of sp³-hybridized carbons (Fsp3) is 0.100. The van der Waals surface area contributed by atoms with Crippen molar-refractivity contribution in [3.05, 3.63) is 35.4 Å². The Morgan fingerprint density at radius 1 is 1.69 bits per heavy atom. The van der Waals surface area contributed by atoms with Crippen LogP contribution in [0.4, 0.5) is 5.82 Å². The van der Waals surface area contributed by atoms with Gasteiger partial charge in [0.1, 0.15) is 17.5 Å². The highest BCUT2D eigenvalue weighted by Gasteiger charge is 2.15. The number of carbonyl (C=O) groups is 1. The molecule has 0 saturated heterocycles. The molecule has 2 aromatic rings. The van der Waals surface area contributed by atoms with Crippen LogP contribution in [0.2, 0.25) is 0 Å². The lowest BCUT2D eigenvalue weighted by atomic mass is 10.2. The summed E-state index contributed by atoms with van der Waals surface area (Å²) in [5, 5.41) is 17.4. The molecule has 0 aliphatic rings. The number of aromatic amines is 1. The van der Waals surface area contributed by atoms with Gasteiger partial charge in [0.15, 0.2) is 5.76 Å². The quantitative estimate of drug-likeness (QED) is 0.793. The molecule has 0 unspecified atom stereocenters. The van der Waals surface area contributed by atoms with Crippen LogP contribution in [0.3, 0.4) is 0 Å². The Morgan fingerprint density at radius 3 is 3.12 bits per heavy atom. The lowest BCUT2D eigenvalue weighted by Crippen LogP contribution is -2.13. The third kappa shape index (κ3) is 1.66. The first-order valence-corrected chi connectivity index (χ1v) is 4.51. The van der Waals surface area contributed by atoms with Crippen LogP contribution < -0.4 is 5.32 Å². The number of furan rings is 1. The lowest BCUT2D eigenvalue weighted by Gasteiger charge is -2.00. The molecule has 16 heavy (non-hydrogen) atoms. The van der Waals surface area contributed by atoms with Gasteiger partial charge in [-0.2, -0.15) is 10.4 Å². The molecule has 0 fully saturated rings. The van der Waals surface area contributed by atoms with Crippen molar-refractivity contribution in [2.75, 3.05) is 5.32 Å². The standard InChI is InChI=1S/C10H8N4O2/c1-6-2-3-16-8(6)10(15)13-9-7(4-11)5-12-14-9/h2-3,5H,1H3,(H2,12,13,14,15). The van der Waals surface area contributed by atoms with Gasteiger partial charge in [-0.25, -0.2) is 0 Å². The van der Waals surface area contributed by atoms with Crippen LogP contribution in [0, 0.1) is 18.3 Å². The summed E-state index contributed by atoms with van der Waals surface area (Å²) in [6.45, 7) is 1.76. The van der Waals surface area contributed by atoms with E-state index in [9.17, 15) is 4.79 Å². The van der Waals surface area contributed by atoms with E-state index in [0.717, 1.165) is 5.56 Å². The first-order valence-electron chi connectivity index (χ1n) is 4.51. The average molecular weight is 216 g/mol. The Bertz CT molecular complexity index is 561. The van der Waals surface area contributed by atoms with E-state index in [1.54, 1.807) is 13.0 Å². The van der Waals surface area contributed by atoms with Gasteiger partial charge in [0.2, 0.25) is 0 Å². The number of nitriles is 1.